The molecule has 0 spiro atoms. The zero-order valence-electron chi connectivity index (χ0n) is 16.7. The van der Waals surface area contributed by atoms with E-state index in [1.807, 2.05) is 45.0 Å². The van der Waals surface area contributed by atoms with Crippen LogP contribution in [-0.2, 0) is 16.1 Å². The van der Waals surface area contributed by atoms with Crippen molar-refractivity contribution < 1.29 is 23.8 Å². The van der Waals surface area contributed by atoms with E-state index in [0.717, 1.165) is 5.56 Å². The minimum Gasteiger partial charge on any atom is -0.483 e. The van der Waals surface area contributed by atoms with Gasteiger partial charge in [0.05, 0.1) is 6.54 Å². The summed E-state index contributed by atoms with van der Waals surface area (Å²) in [6.45, 7) is 6.01. The number of fused-ring (bicyclic) bond motifs is 2. The van der Waals surface area contributed by atoms with Crippen molar-refractivity contribution in [1.82, 2.24) is 10.2 Å². The fourth-order valence-corrected chi connectivity index (χ4v) is 3.50. The zero-order valence-corrected chi connectivity index (χ0v) is 16.7. The Hall–Kier alpha value is -3.22. The van der Waals surface area contributed by atoms with Crippen LogP contribution in [0.5, 0.6) is 17.2 Å². The maximum absolute atomic E-state index is 13.3. The highest BCUT2D eigenvalue weighted by molar-refractivity contribution is 5.90. The molecule has 0 saturated carbocycles. The molecule has 2 aliphatic rings. The van der Waals surface area contributed by atoms with Gasteiger partial charge < -0.3 is 24.4 Å². The number of carbonyl (C=O) groups excluding carboxylic acids is 2. The van der Waals surface area contributed by atoms with E-state index in [9.17, 15) is 9.59 Å². The van der Waals surface area contributed by atoms with Gasteiger partial charge >= 0.3 is 0 Å². The topological polar surface area (TPSA) is 77.1 Å². The monoisotopic (exact) mass is 396 g/mol. The molecule has 7 heteroatoms. The first-order chi connectivity index (χ1) is 13.8. The minimum atomic E-state index is -0.828. The van der Waals surface area contributed by atoms with Crippen molar-refractivity contribution in [1.29, 1.82) is 0 Å². The van der Waals surface area contributed by atoms with E-state index in [1.165, 1.54) is 0 Å². The Morgan fingerprint density at radius 2 is 1.79 bits per heavy atom. The molecule has 2 aromatic rings. The quantitative estimate of drug-likeness (QED) is 0.863. The molecule has 152 valence electrons. The second-order valence-corrected chi connectivity index (χ2v) is 8.17. The maximum atomic E-state index is 13.3. The van der Waals surface area contributed by atoms with Gasteiger partial charge in [0.15, 0.2) is 18.1 Å². The third-order valence-corrected chi connectivity index (χ3v) is 4.76. The average Bonchev–Trinajstić information content (AvgIpc) is 3.06. The van der Waals surface area contributed by atoms with Crippen LogP contribution in [0, 0.1) is 0 Å². The standard InChI is InChI=1S/C22H24N2O5/c1-22(2,3)23-21(26)20(14-8-9-17-18(10-14)29-13-28-17)24-11-15-6-4-5-7-16(15)27-12-19(24)25/h4-10,20H,11-13H2,1-3H3,(H,23,26). The van der Waals surface area contributed by atoms with E-state index in [0.29, 0.717) is 22.8 Å². The molecule has 0 fully saturated rings. The lowest BCUT2D eigenvalue weighted by atomic mass is 10.00. The Morgan fingerprint density at radius 1 is 1.03 bits per heavy atom. The number of hydrogen-bond donors (Lipinski definition) is 1. The summed E-state index contributed by atoms with van der Waals surface area (Å²) in [5.41, 5.74) is 1.06. The Balaban J connectivity index is 1.75. The molecule has 0 radical (unpaired) electrons. The van der Waals surface area contributed by atoms with Gasteiger partial charge in [-0.15, -0.1) is 0 Å². The molecule has 2 amide bonds. The predicted octanol–water partition coefficient (Wildman–Crippen LogP) is 2.79. The summed E-state index contributed by atoms with van der Waals surface area (Å²) in [5, 5.41) is 3.00. The molecule has 2 aromatic carbocycles. The van der Waals surface area contributed by atoms with Crippen molar-refractivity contribution in [3.8, 4) is 17.2 Å². The Labute approximate surface area is 169 Å². The van der Waals surface area contributed by atoms with Crippen LogP contribution in [-0.4, -0.2) is 35.7 Å². The van der Waals surface area contributed by atoms with E-state index < -0.39 is 11.6 Å². The molecule has 7 nitrogen and oxygen atoms in total. The zero-order chi connectivity index (χ0) is 20.6. The van der Waals surface area contributed by atoms with E-state index >= 15 is 0 Å². The van der Waals surface area contributed by atoms with Crippen LogP contribution in [0.4, 0.5) is 0 Å². The first-order valence-electron chi connectivity index (χ1n) is 9.53. The third kappa shape index (κ3) is 3.99. The number of carbonyl (C=O) groups is 2. The van der Waals surface area contributed by atoms with Crippen molar-refractivity contribution in [2.45, 2.75) is 38.9 Å². The molecule has 0 bridgehead atoms. The molecular formula is C22H24N2O5. The molecule has 1 atom stereocenters. The number of nitrogens with one attached hydrogen (secondary N) is 1. The van der Waals surface area contributed by atoms with Crippen LogP contribution in [0.1, 0.15) is 37.9 Å². The lowest BCUT2D eigenvalue weighted by Crippen LogP contribution is -2.49. The van der Waals surface area contributed by atoms with Gasteiger partial charge in [-0.2, -0.15) is 0 Å². The van der Waals surface area contributed by atoms with E-state index in [1.54, 1.807) is 23.1 Å². The Kier molecular flexibility index (Phi) is 4.82. The van der Waals surface area contributed by atoms with Crippen molar-refractivity contribution >= 4 is 11.8 Å². The maximum Gasteiger partial charge on any atom is 0.261 e. The SMILES string of the molecule is CC(C)(C)NC(=O)C(c1ccc2c(c1)OCO2)N1Cc2ccccc2OCC1=O. The van der Waals surface area contributed by atoms with Gasteiger partial charge in [0.25, 0.3) is 5.91 Å². The molecular weight excluding hydrogens is 372 g/mol. The largest absolute Gasteiger partial charge is 0.483 e. The number of para-hydroxylation sites is 1. The predicted molar refractivity (Wildman–Crippen MR) is 106 cm³/mol. The molecule has 0 saturated heterocycles. The fourth-order valence-electron chi connectivity index (χ4n) is 3.50. The molecule has 29 heavy (non-hydrogen) atoms. The van der Waals surface area contributed by atoms with Crippen LogP contribution >= 0.6 is 0 Å². The summed E-state index contributed by atoms with van der Waals surface area (Å²) in [6, 6.07) is 12.0. The van der Waals surface area contributed by atoms with E-state index in [4.69, 9.17) is 14.2 Å². The summed E-state index contributed by atoms with van der Waals surface area (Å²) < 4.78 is 16.5. The van der Waals surface area contributed by atoms with Crippen molar-refractivity contribution in [2.75, 3.05) is 13.4 Å². The van der Waals surface area contributed by atoms with Gasteiger partial charge in [0, 0.05) is 11.1 Å². The van der Waals surface area contributed by atoms with Gasteiger partial charge in [-0.1, -0.05) is 24.3 Å². The average molecular weight is 396 g/mol. The van der Waals surface area contributed by atoms with Crippen LogP contribution in [0.15, 0.2) is 42.5 Å². The minimum absolute atomic E-state index is 0.124. The van der Waals surface area contributed by atoms with Crippen LogP contribution in [0.3, 0.4) is 0 Å². The van der Waals surface area contributed by atoms with Crippen molar-refractivity contribution in [3.63, 3.8) is 0 Å². The number of nitrogens with zero attached hydrogens (tertiary/aromatic N) is 1. The van der Waals surface area contributed by atoms with Crippen LogP contribution in [0.2, 0.25) is 0 Å². The highest BCUT2D eigenvalue weighted by Gasteiger charge is 2.36. The summed E-state index contributed by atoms with van der Waals surface area (Å²) in [7, 11) is 0. The molecule has 0 aromatic heterocycles. The van der Waals surface area contributed by atoms with Crippen LogP contribution in [0.25, 0.3) is 0 Å². The summed E-state index contributed by atoms with van der Waals surface area (Å²) in [5.74, 6) is 1.33. The molecule has 1 N–H and O–H groups in total. The van der Waals surface area contributed by atoms with E-state index in [-0.39, 0.29) is 31.8 Å². The molecule has 2 heterocycles. The summed E-state index contributed by atoms with van der Waals surface area (Å²) >= 11 is 0. The van der Waals surface area contributed by atoms with Crippen LogP contribution < -0.4 is 19.5 Å². The Morgan fingerprint density at radius 3 is 2.59 bits per heavy atom. The number of rotatable bonds is 3. The molecule has 1 unspecified atom stereocenters. The lowest BCUT2D eigenvalue weighted by molar-refractivity contribution is -0.143. The highest BCUT2D eigenvalue weighted by atomic mass is 16.7. The first kappa shape index (κ1) is 19.1. The van der Waals surface area contributed by atoms with Gasteiger partial charge in [-0.05, 0) is 44.5 Å². The molecule has 0 aliphatic carbocycles. The van der Waals surface area contributed by atoms with Gasteiger partial charge in [-0.25, -0.2) is 0 Å². The van der Waals surface area contributed by atoms with Gasteiger partial charge in [0.1, 0.15) is 11.8 Å². The fraction of sp³-hybridized carbons (Fsp3) is 0.364. The number of ether oxygens (including phenoxy) is 3. The lowest BCUT2D eigenvalue weighted by Gasteiger charge is -2.32. The van der Waals surface area contributed by atoms with Gasteiger partial charge in [-0.3, -0.25) is 9.59 Å². The first-order valence-corrected chi connectivity index (χ1v) is 9.53. The number of benzene rings is 2. The van der Waals surface area contributed by atoms with Crippen molar-refractivity contribution in [2.24, 2.45) is 0 Å². The summed E-state index contributed by atoms with van der Waals surface area (Å²) in [6.07, 6.45) is 0. The van der Waals surface area contributed by atoms with E-state index in [2.05, 4.69) is 5.32 Å². The third-order valence-electron chi connectivity index (χ3n) is 4.76. The van der Waals surface area contributed by atoms with Gasteiger partial charge in [0.2, 0.25) is 12.7 Å². The molecule has 2 aliphatic heterocycles. The number of hydrogen-bond acceptors (Lipinski definition) is 5. The molecule has 4 rings (SSSR count). The normalized spacial score (nSPS) is 16.5. The number of amides is 2. The smallest absolute Gasteiger partial charge is 0.261 e. The van der Waals surface area contributed by atoms with Crippen molar-refractivity contribution in [3.05, 3.63) is 53.6 Å². The Bertz CT molecular complexity index is 950. The second kappa shape index (κ2) is 7.31. The highest BCUT2D eigenvalue weighted by Crippen LogP contribution is 2.37. The summed E-state index contributed by atoms with van der Waals surface area (Å²) in [4.78, 5) is 27.8. The second-order valence-electron chi connectivity index (χ2n) is 8.17.